The van der Waals surface area contributed by atoms with Gasteiger partial charge in [-0.25, -0.2) is 4.68 Å². The number of hydrogen-bond acceptors (Lipinski definition) is 4. The lowest BCUT2D eigenvalue weighted by molar-refractivity contribution is 0.111. The molecule has 1 aromatic rings. The molecule has 0 unspecified atom stereocenters. The highest BCUT2D eigenvalue weighted by Crippen LogP contribution is 2.30. The van der Waals surface area contributed by atoms with Crippen molar-refractivity contribution in [2.45, 2.75) is 38.1 Å². The lowest BCUT2D eigenvalue weighted by Crippen LogP contribution is -2.13. The van der Waals surface area contributed by atoms with Crippen molar-refractivity contribution in [3.8, 4) is 0 Å². The first-order valence-corrected chi connectivity index (χ1v) is 5.75. The lowest BCUT2D eigenvalue weighted by Gasteiger charge is -2.12. The van der Waals surface area contributed by atoms with E-state index in [0.717, 1.165) is 24.8 Å². The molecule has 0 spiro atoms. The molecule has 16 heavy (non-hydrogen) atoms. The zero-order chi connectivity index (χ0) is 11.4. The molecule has 1 aromatic heterocycles. The van der Waals surface area contributed by atoms with Crippen molar-refractivity contribution in [2.75, 3.05) is 13.7 Å². The van der Waals surface area contributed by atoms with E-state index in [2.05, 4.69) is 10.3 Å². The summed E-state index contributed by atoms with van der Waals surface area (Å²) in [6.45, 7) is 0.598. The van der Waals surface area contributed by atoms with Gasteiger partial charge in [0.15, 0.2) is 6.29 Å². The van der Waals surface area contributed by atoms with Crippen molar-refractivity contribution in [1.29, 1.82) is 0 Å². The third-order valence-electron chi connectivity index (χ3n) is 3.15. The fourth-order valence-electron chi connectivity index (χ4n) is 2.30. The van der Waals surface area contributed by atoms with Gasteiger partial charge in [0, 0.05) is 13.5 Å². The Hall–Kier alpha value is -1.23. The van der Waals surface area contributed by atoms with Gasteiger partial charge in [0.1, 0.15) is 5.69 Å². The topological polar surface area (TPSA) is 57.0 Å². The number of ether oxygens (including phenoxy) is 1. The number of nitrogens with zero attached hydrogens (tertiary/aromatic N) is 3. The first-order chi connectivity index (χ1) is 7.86. The molecule has 1 aliphatic carbocycles. The Bertz CT molecular complexity index is 356. The minimum Gasteiger partial charge on any atom is -0.384 e. The molecule has 5 nitrogen and oxygen atoms in total. The van der Waals surface area contributed by atoms with Crippen LogP contribution in [0.2, 0.25) is 0 Å². The van der Waals surface area contributed by atoms with Gasteiger partial charge in [-0.3, -0.25) is 4.79 Å². The Kier molecular flexibility index (Phi) is 3.66. The zero-order valence-electron chi connectivity index (χ0n) is 9.56. The van der Waals surface area contributed by atoms with Crippen molar-refractivity contribution >= 4 is 6.29 Å². The summed E-state index contributed by atoms with van der Waals surface area (Å²) in [5.74, 6) is 0. The van der Waals surface area contributed by atoms with Gasteiger partial charge >= 0.3 is 0 Å². The molecule has 0 saturated heterocycles. The van der Waals surface area contributed by atoms with E-state index in [1.165, 1.54) is 12.8 Å². The monoisotopic (exact) mass is 223 g/mol. The van der Waals surface area contributed by atoms with Crippen molar-refractivity contribution in [3.05, 3.63) is 11.4 Å². The summed E-state index contributed by atoms with van der Waals surface area (Å²) in [6, 6.07) is 0.424. The van der Waals surface area contributed by atoms with Gasteiger partial charge in [-0.1, -0.05) is 18.1 Å². The molecule has 2 rings (SSSR count). The van der Waals surface area contributed by atoms with E-state index in [0.29, 0.717) is 24.8 Å². The Balaban J connectivity index is 2.21. The minimum absolute atomic E-state index is 0.424. The fraction of sp³-hybridized carbons (Fsp3) is 0.727. The summed E-state index contributed by atoms with van der Waals surface area (Å²) in [7, 11) is 1.66. The van der Waals surface area contributed by atoms with Crippen LogP contribution in [-0.2, 0) is 11.2 Å². The Morgan fingerprint density at radius 2 is 2.25 bits per heavy atom. The van der Waals surface area contributed by atoms with Gasteiger partial charge in [-0.2, -0.15) is 0 Å². The third kappa shape index (κ3) is 2.14. The summed E-state index contributed by atoms with van der Waals surface area (Å²) in [5.41, 5.74) is 1.38. The summed E-state index contributed by atoms with van der Waals surface area (Å²) in [6.07, 6.45) is 6.25. The van der Waals surface area contributed by atoms with Crippen LogP contribution in [-0.4, -0.2) is 35.0 Å². The molecule has 0 aliphatic heterocycles. The highest BCUT2D eigenvalue weighted by atomic mass is 16.5. The van der Waals surface area contributed by atoms with Crippen LogP contribution in [0.4, 0.5) is 0 Å². The predicted molar refractivity (Wildman–Crippen MR) is 58.5 cm³/mol. The number of aldehydes is 1. The second kappa shape index (κ2) is 5.21. The fourth-order valence-corrected chi connectivity index (χ4v) is 2.30. The highest BCUT2D eigenvalue weighted by molar-refractivity contribution is 5.73. The Morgan fingerprint density at radius 3 is 2.88 bits per heavy atom. The second-order valence-electron chi connectivity index (χ2n) is 4.16. The lowest BCUT2D eigenvalue weighted by atomic mass is 10.2. The maximum atomic E-state index is 10.9. The average molecular weight is 223 g/mol. The maximum Gasteiger partial charge on any atom is 0.172 e. The van der Waals surface area contributed by atoms with Crippen molar-refractivity contribution in [1.82, 2.24) is 15.0 Å². The summed E-state index contributed by atoms with van der Waals surface area (Å²) in [5, 5.41) is 8.02. The van der Waals surface area contributed by atoms with Crippen LogP contribution in [0.15, 0.2) is 0 Å². The van der Waals surface area contributed by atoms with E-state index >= 15 is 0 Å². The molecular weight excluding hydrogens is 206 g/mol. The number of carbonyl (C=O) groups is 1. The summed E-state index contributed by atoms with van der Waals surface area (Å²) in [4.78, 5) is 10.9. The first-order valence-electron chi connectivity index (χ1n) is 5.75. The van der Waals surface area contributed by atoms with Crippen LogP contribution in [0.5, 0.6) is 0 Å². The molecule has 1 heterocycles. The normalized spacial score (nSPS) is 16.8. The van der Waals surface area contributed by atoms with Crippen LogP contribution in [0.3, 0.4) is 0 Å². The molecule has 0 atom stereocenters. The standard InChI is InChI=1S/C11H17N3O2/c1-16-7-6-11-10(8-15)12-13-14(11)9-4-2-3-5-9/h8-9H,2-7H2,1H3. The smallest absolute Gasteiger partial charge is 0.172 e. The Morgan fingerprint density at radius 1 is 1.50 bits per heavy atom. The van der Waals surface area contributed by atoms with Gasteiger partial charge in [0.2, 0.25) is 0 Å². The second-order valence-corrected chi connectivity index (χ2v) is 4.16. The SMILES string of the molecule is COCCc1c(C=O)nnn1C1CCCC1. The van der Waals surface area contributed by atoms with Gasteiger partial charge < -0.3 is 4.74 Å². The van der Waals surface area contributed by atoms with Gasteiger partial charge in [-0.15, -0.1) is 5.10 Å². The molecule has 1 fully saturated rings. The molecule has 0 radical (unpaired) electrons. The minimum atomic E-state index is 0.424. The van der Waals surface area contributed by atoms with E-state index < -0.39 is 0 Å². The predicted octanol–water partition coefficient (Wildman–Crippen LogP) is 1.39. The van der Waals surface area contributed by atoms with Crippen LogP contribution >= 0.6 is 0 Å². The van der Waals surface area contributed by atoms with Crippen molar-refractivity contribution < 1.29 is 9.53 Å². The number of carbonyl (C=O) groups excluding carboxylic acids is 1. The molecule has 0 N–H and O–H groups in total. The average Bonchev–Trinajstić information content (AvgIpc) is 2.94. The van der Waals surface area contributed by atoms with Gasteiger partial charge in [0.25, 0.3) is 0 Å². The molecule has 1 aliphatic rings. The quantitative estimate of drug-likeness (QED) is 0.708. The van der Waals surface area contributed by atoms with Crippen LogP contribution in [0.25, 0.3) is 0 Å². The highest BCUT2D eigenvalue weighted by Gasteiger charge is 2.22. The third-order valence-corrected chi connectivity index (χ3v) is 3.15. The first kappa shape index (κ1) is 11.3. The molecule has 0 aromatic carbocycles. The van der Waals surface area contributed by atoms with Crippen LogP contribution < -0.4 is 0 Å². The van der Waals surface area contributed by atoms with E-state index in [9.17, 15) is 4.79 Å². The maximum absolute atomic E-state index is 10.9. The van der Waals surface area contributed by atoms with Crippen LogP contribution in [0.1, 0.15) is 47.9 Å². The molecular formula is C11H17N3O2. The molecule has 5 heteroatoms. The number of rotatable bonds is 5. The molecule has 88 valence electrons. The number of methoxy groups -OCH3 is 1. The molecule has 0 amide bonds. The van der Waals surface area contributed by atoms with E-state index in [1.54, 1.807) is 7.11 Å². The zero-order valence-corrected chi connectivity index (χ0v) is 9.56. The summed E-state index contributed by atoms with van der Waals surface area (Å²) < 4.78 is 6.97. The number of aromatic nitrogens is 3. The number of hydrogen-bond donors (Lipinski definition) is 0. The van der Waals surface area contributed by atoms with Crippen molar-refractivity contribution in [2.24, 2.45) is 0 Å². The van der Waals surface area contributed by atoms with E-state index in [1.807, 2.05) is 4.68 Å². The van der Waals surface area contributed by atoms with Gasteiger partial charge in [-0.05, 0) is 12.8 Å². The van der Waals surface area contributed by atoms with Crippen LogP contribution in [0, 0.1) is 0 Å². The summed E-state index contributed by atoms with van der Waals surface area (Å²) >= 11 is 0. The Labute approximate surface area is 94.8 Å². The van der Waals surface area contributed by atoms with E-state index in [4.69, 9.17) is 4.74 Å². The molecule has 1 saturated carbocycles. The largest absolute Gasteiger partial charge is 0.384 e. The molecule has 0 bridgehead atoms. The van der Waals surface area contributed by atoms with Gasteiger partial charge in [0.05, 0.1) is 18.3 Å². The van der Waals surface area contributed by atoms with Crippen molar-refractivity contribution in [3.63, 3.8) is 0 Å². The van der Waals surface area contributed by atoms with E-state index in [-0.39, 0.29) is 0 Å².